The van der Waals surface area contributed by atoms with Crippen LogP contribution in [0.25, 0.3) is 0 Å². The van der Waals surface area contributed by atoms with Gasteiger partial charge >= 0.3 is 0 Å². The zero-order chi connectivity index (χ0) is 18.5. The monoisotopic (exact) mass is 372 g/mol. The van der Waals surface area contributed by atoms with Gasteiger partial charge in [-0.3, -0.25) is 4.79 Å². The molecule has 1 aliphatic rings. The second-order valence-electron chi connectivity index (χ2n) is 6.46. The fourth-order valence-electron chi connectivity index (χ4n) is 3.08. The summed E-state index contributed by atoms with van der Waals surface area (Å²) < 4.78 is 5.15. The first-order chi connectivity index (χ1) is 12.6. The van der Waals surface area contributed by atoms with Crippen LogP contribution in [0.1, 0.15) is 48.7 Å². The second-order valence-corrected chi connectivity index (χ2v) is 7.48. The molecular formula is C19H24N4O2S. The van der Waals surface area contributed by atoms with E-state index < -0.39 is 0 Å². The summed E-state index contributed by atoms with van der Waals surface area (Å²) in [4.78, 5) is 12.4. The van der Waals surface area contributed by atoms with E-state index in [2.05, 4.69) is 15.5 Å². The molecule has 0 spiro atoms. The lowest BCUT2D eigenvalue weighted by molar-refractivity contribution is 0.102. The molecule has 2 aromatic rings. The summed E-state index contributed by atoms with van der Waals surface area (Å²) in [5, 5.41) is 13.0. The van der Waals surface area contributed by atoms with Crippen molar-refractivity contribution < 1.29 is 9.53 Å². The second kappa shape index (κ2) is 8.31. The van der Waals surface area contributed by atoms with Crippen molar-refractivity contribution >= 4 is 39.2 Å². The minimum atomic E-state index is -0.0508. The first-order valence-electron chi connectivity index (χ1n) is 8.84. The van der Waals surface area contributed by atoms with Crippen LogP contribution in [-0.2, 0) is 0 Å². The number of thiophene rings is 1. The van der Waals surface area contributed by atoms with Gasteiger partial charge in [0, 0.05) is 13.0 Å². The largest absolute Gasteiger partial charge is 0.497 e. The van der Waals surface area contributed by atoms with Crippen molar-refractivity contribution in [3.8, 4) is 5.75 Å². The van der Waals surface area contributed by atoms with Crippen molar-refractivity contribution in [1.29, 1.82) is 0 Å². The Morgan fingerprint density at radius 2 is 1.88 bits per heavy atom. The summed E-state index contributed by atoms with van der Waals surface area (Å²) >= 11 is 1.37. The zero-order valence-electron chi connectivity index (χ0n) is 15.1. The van der Waals surface area contributed by atoms with Crippen molar-refractivity contribution in [1.82, 2.24) is 0 Å². The molecule has 0 radical (unpaired) electrons. The van der Waals surface area contributed by atoms with Gasteiger partial charge in [-0.05, 0) is 37.1 Å². The number of azo groups is 1. The van der Waals surface area contributed by atoms with Gasteiger partial charge in [0.05, 0.1) is 23.4 Å². The van der Waals surface area contributed by atoms with Crippen molar-refractivity contribution in [3.05, 3.63) is 29.1 Å². The van der Waals surface area contributed by atoms with Gasteiger partial charge in [-0.15, -0.1) is 16.5 Å². The Morgan fingerprint density at radius 1 is 1.19 bits per heavy atom. The van der Waals surface area contributed by atoms with E-state index >= 15 is 0 Å². The van der Waals surface area contributed by atoms with Crippen LogP contribution in [0.2, 0.25) is 0 Å². The first kappa shape index (κ1) is 18.4. The zero-order valence-corrected chi connectivity index (χ0v) is 15.9. The fraction of sp³-hybridized carbons (Fsp3) is 0.421. The van der Waals surface area contributed by atoms with Gasteiger partial charge in [0.15, 0.2) is 5.78 Å². The molecule has 3 N–H and O–H groups in total. The molecule has 1 aliphatic carbocycles. The highest BCUT2D eigenvalue weighted by molar-refractivity contribution is 7.19. The van der Waals surface area contributed by atoms with Crippen LogP contribution in [0, 0.1) is 0 Å². The van der Waals surface area contributed by atoms with E-state index in [1.165, 1.54) is 37.5 Å². The third-order valence-corrected chi connectivity index (χ3v) is 5.74. The number of nitrogens with zero attached hydrogens (tertiary/aromatic N) is 2. The summed E-state index contributed by atoms with van der Waals surface area (Å²) in [6.07, 6.45) is 5.99. The number of nitrogens with one attached hydrogen (secondary N) is 1. The van der Waals surface area contributed by atoms with E-state index in [0.717, 1.165) is 23.6 Å². The Balaban J connectivity index is 1.87. The number of carbonyl (C=O) groups excluding carboxylic acids is 1. The summed E-state index contributed by atoms with van der Waals surface area (Å²) in [6.45, 7) is 1.52. The van der Waals surface area contributed by atoms with Crippen LogP contribution in [0.5, 0.6) is 5.75 Å². The van der Waals surface area contributed by atoms with Gasteiger partial charge in [-0.25, -0.2) is 0 Å². The highest BCUT2D eigenvalue weighted by Gasteiger charge is 2.22. The average Bonchev–Trinajstić information content (AvgIpc) is 2.97. The lowest BCUT2D eigenvalue weighted by atomic mass is 9.96. The number of rotatable bonds is 6. The van der Waals surface area contributed by atoms with Gasteiger partial charge in [-0.1, -0.05) is 19.3 Å². The van der Waals surface area contributed by atoms with E-state index in [0.29, 0.717) is 28.0 Å². The van der Waals surface area contributed by atoms with E-state index in [4.69, 9.17) is 10.5 Å². The molecule has 0 atom stereocenters. The standard InChI is InChI=1S/C19H24N4O2S/c1-12(24)18-16(20)17(19(26-18)21-13-6-4-3-5-7-13)23-22-14-8-10-15(25-2)11-9-14/h8-11,13,21H,3-7,20H2,1-2H3. The maximum absolute atomic E-state index is 11.9. The highest BCUT2D eigenvalue weighted by atomic mass is 32.1. The van der Waals surface area contributed by atoms with E-state index in [1.54, 1.807) is 7.11 Å². The van der Waals surface area contributed by atoms with Crippen LogP contribution in [0.3, 0.4) is 0 Å². The third kappa shape index (κ3) is 4.22. The number of hydrogen-bond donors (Lipinski definition) is 2. The number of carbonyl (C=O) groups is 1. The van der Waals surface area contributed by atoms with E-state index in [9.17, 15) is 4.79 Å². The number of ketones is 1. The molecule has 0 unspecified atom stereocenters. The average molecular weight is 372 g/mol. The fourth-order valence-corrected chi connectivity index (χ4v) is 4.11. The molecule has 0 saturated heterocycles. The molecule has 26 heavy (non-hydrogen) atoms. The Morgan fingerprint density at radius 3 is 2.50 bits per heavy atom. The molecular weight excluding hydrogens is 348 g/mol. The molecule has 1 saturated carbocycles. The van der Waals surface area contributed by atoms with Gasteiger partial charge in [0.2, 0.25) is 0 Å². The van der Waals surface area contributed by atoms with Gasteiger partial charge in [0.1, 0.15) is 16.4 Å². The van der Waals surface area contributed by atoms with E-state index in [1.807, 2.05) is 24.3 Å². The molecule has 1 aromatic carbocycles. The Hall–Kier alpha value is -2.41. The van der Waals surface area contributed by atoms with E-state index in [-0.39, 0.29) is 5.78 Å². The quantitative estimate of drug-likeness (QED) is 0.502. The molecule has 1 fully saturated rings. The molecule has 1 heterocycles. The smallest absolute Gasteiger partial charge is 0.171 e. The number of nitrogens with two attached hydrogens (primary N) is 1. The number of nitrogen functional groups attached to an aromatic ring is 1. The predicted octanol–water partition coefficient (Wildman–Crippen LogP) is 5.70. The lowest BCUT2D eigenvalue weighted by Crippen LogP contribution is -2.21. The molecule has 0 aliphatic heterocycles. The third-order valence-electron chi connectivity index (χ3n) is 4.52. The summed E-state index contributed by atoms with van der Waals surface area (Å²) in [6, 6.07) is 7.70. The predicted molar refractivity (Wildman–Crippen MR) is 106 cm³/mol. The maximum atomic E-state index is 11.9. The SMILES string of the molecule is COc1ccc(N=Nc2c(NC3CCCCC3)sc(C(C)=O)c2N)cc1. The number of anilines is 2. The number of Topliss-reactive ketones (excluding diaryl/α,β-unsaturated/α-hetero) is 1. The van der Waals surface area contributed by atoms with Crippen LogP contribution in [-0.4, -0.2) is 18.9 Å². The Kier molecular flexibility index (Phi) is 5.88. The van der Waals surface area contributed by atoms with Crippen molar-refractivity contribution in [2.75, 3.05) is 18.2 Å². The minimum absolute atomic E-state index is 0.0508. The maximum Gasteiger partial charge on any atom is 0.171 e. The van der Waals surface area contributed by atoms with Gasteiger partial charge in [-0.2, -0.15) is 5.11 Å². The summed E-state index contributed by atoms with van der Waals surface area (Å²) in [7, 11) is 1.62. The van der Waals surface area contributed by atoms with Crippen molar-refractivity contribution in [2.24, 2.45) is 10.2 Å². The summed E-state index contributed by atoms with van der Waals surface area (Å²) in [5.74, 6) is 0.711. The number of methoxy groups -OCH3 is 1. The van der Waals surface area contributed by atoms with Crippen LogP contribution >= 0.6 is 11.3 Å². The Labute approximate surface area is 157 Å². The summed E-state index contributed by atoms with van der Waals surface area (Å²) in [5.41, 5.74) is 7.85. The molecule has 1 aromatic heterocycles. The number of ether oxygens (including phenoxy) is 1. The number of benzene rings is 1. The first-order valence-corrected chi connectivity index (χ1v) is 9.65. The highest BCUT2D eigenvalue weighted by Crippen LogP contribution is 2.44. The Bertz CT molecular complexity index is 793. The normalized spacial score (nSPS) is 15.3. The lowest BCUT2D eigenvalue weighted by Gasteiger charge is -2.23. The van der Waals surface area contributed by atoms with Crippen LogP contribution in [0.15, 0.2) is 34.5 Å². The molecule has 138 valence electrons. The topological polar surface area (TPSA) is 89.1 Å². The molecule has 0 bridgehead atoms. The van der Waals surface area contributed by atoms with Crippen molar-refractivity contribution in [2.45, 2.75) is 45.1 Å². The van der Waals surface area contributed by atoms with Gasteiger partial charge < -0.3 is 15.8 Å². The number of hydrogen-bond acceptors (Lipinski definition) is 7. The molecule has 6 nitrogen and oxygen atoms in total. The van der Waals surface area contributed by atoms with Crippen molar-refractivity contribution in [3.63, 3.8) is 0 Å². The molecule has 3 rings (SSSR count). The van der Waals surface area contributed by atoms with Gasteiger partial charge in [0.25, 0.3) is 0 Å². The van der Waals surface area contributed by atoms with Crippen LogP contribution in [0.4, 0.5) is 22.1 Å². The molecule has 0 amide bonds. The van der Waals surface area contributed by atoms with Crippen LogP contribution < -0.4 is 15.8 Å². The minimum Gasteiger partial charge on any atom is -0.497 e. The molecule has 7 heteroatoms.